The van der Waals surface area contributed by atoms with E-state index in [1.807, 2.05) is 20.2 Å². The van der Waals surface area contributed by atoms with Gasteiger partial charge in [0.05, 0.1) is 12.2 Å². The largest absolute Gasteiger partial charge is 0.351 e. The van der Waals surface area contributed by atoms with Gasteiger partial charge >= 0.3 is 0 Å². The Morgan fingerprint density at radius 3 is 2.56 bits per heavy atom. The molecule has 0 saturated heterocycles. The third kappa shape index (κ3) is 3.84. The Balaban J connectivity index is 2.52. The van der Waals surface area contributed by atoms with E-state index in [-0.39, 0.29) is 11.9 Å². The zero-order chi connectivity index (χ0) is 13.5. The molecule has 1 aromatic heterocycles. The second-order valence-corrected chi connectivity index (χ2v) is 4.39. The van der Waals surface area contributed by atoms with Gasteiger partial charge in [0.2, 0.25) is 5.91 Å². The lowest BCUT2D eigenvalue weighted by Crippen LogP contribution is -2.46. The summed E-state index contributed by atoms with van der Waals surface area (Å²) in [5.74, 6) is 0.102. The van der Waals surface area contributed by atoms with Gasteiger partial charge in [-0.05, 0) is 19.5 Å². The maximum atomic E-state index is 12.1. The Bertz CT molecular complexity index is 371. The van der Waals surface area contributed by atoms with E-state index >= 15 is 0 Å². The Morgan fingerprint density at radius 1 is 1.44 bits per heavy atom. The number of nitrogens with zero attached hydrogens (tertiary/aromatic N) is 3. The molecule has 0 aliphatic rings. The van der Waals surface area contributed by atoms with Gasteiger partial charge in [-0.2, -0.15) is 5.10 Å². The number of rotatable bonds is 7. The van der Waals surface area contributed by atoms with Gasteiger partial charge < -0.3 is 5.32 Å². The summed E-state index contributed by atoms with van der Waals surface area (Å²) in [5.41, 5.74) is 1.03. The fourth-order valence-corrected chi connectivity index (χ4v) is 2.14. The number of hydrogen-bond acceptors (Lipinski definition) is 3. The van der Waals surface area contributed by atoms with Gasteiger partial charge in [0.25, 0.3) is 0 Å². The molecule has 0 spiro atoms. The number of carbonyl (C=O) groups is 1. The molecule has 5 nitrogen and oxygen atoms in total. The first-order chi connectivity index (χ1) is 8.62. The van der Waals surface area contributed by atoms with Crippen LogP contribution in [-0.4, -0.2) is 39.7 Å². The molecule has 5 heteroatoms. The smallest absolute Gasteiger partial charge is 0.237 e. The molecule has 0 aliphatic carbocycles. The van der Waals surface area contributed by atoms with E-state index in [1.165, 1.54) is 0 Å². The van der Waals surface area contributed by atoms with Crippen LogP contribution in [0.25, 0.3) is 0 Å². The Morgan fingerprint density at radius 2 is 2.11 bits per heavy atom. The highest BCUT2D eigenvalue weighted by Crippen LogP contribution is 2.05. The van der Waals surface area contributed by atoms with Gasteiger partial charge in [0.15, 0.2) is 0 Å². The van der Waals surface area contributed by atoms with Gasteiger partial charge in [-0.15, -0.1) is 0 Å². The fourth-order valence-electron chi connectivity index (χ4n) is 2.14. The highest BCUT2D eigenvalue weighted by atomic mass is 16.2. The molecular weight excluding hydrogens is 228 g/mol. The summed E-state index contributed by atoms with van der Waals surface area (Å²) < 4.78 is 1.74. The van der Waals surface area contributed by atoms with Crippen LogP contribution in [0, 0.1) is 0 Å². The van der Waals surface area contributed by atoms with Crippen LogP contribution in [0.3, 0.4) is 0 Å². The van der Waals surface area contributed by atoms with Crippen molar-refractivity contribution in [3.63, 3.8) is 0 Å². The SMILES string of the molecule is CC[C@H](C(=O)NCc1cnn(C)c1)N(CC)CC. The topological polar surface area (TPSA) is 50.2 Å². The van der Waals surface area contributed by atoms with Gasteiger partial charge in [-0.3, -0.25) is 14.4 Å². The molecular formula is C13H24N4O. The molecule has 0 radical (unpaired) electrons. The summed E-state index contributed by atoms with van der Waals surface area (Å²) in [7, 11) is 1.87. The lowest BCUT2D eigenvalue weighted by Gasteiger charge is -2.27. The van der Waals surface area contributed by atoms with Crippen molar-refractivity contribution >= 4 is 5.91 Å². The van der Waals surface area contributed by atoms with Gasteiger partial charge in [0.1, 0.15) is 0 Å². The average Bonchev–Trinajstić information content (AvgIpc) is 2.78. The summed E-state index contributed by atoms with van der Waals surface area (Å²) in [6, 6.07) is -0.0309. The number of amides is 1. The normalized spacial score (nSPS) is 12.7. The van der Waals surface area contributed by atoms with Gasteiger partial charge in [-0.1, -0.05) is 20.8 Å². The van der Waals surface area contributed by atoms with E-state index in [9.17, 15) is 4.79 Å². The van der Waals surface area contributed by atoms with Gasteiger partial charge in [0, 0.05) is 25.4 Å². The van der Waals surface area contributed by atoms with E-state index in [2.05, 4.69) is 29.2 Å². The van der Waals surface area contributed by atoms with Crippen molar-refractivity contribution in [1.82, 2.24) is 20.0 Å². The predicted molar refractivity (Wildman–Crippen MR) is 72.1 cm³/mol. The van der Waals surface area contributed by atoms with Crippen molar-refractivity contribution in [2.45, 2.75) is 39.8 Å². The first-order valence-corrected chi connectivity index (χ1v) is 6.61. The quantitative estimate of drug-likeness (QED) is 0.792. The summed E-state index contributed by atoms with van der Waals surface area (Å²) in [6.07, 6.45) is 4.53. The summed E-state index contributed by atoms with van der Waals surface area (Å²) in [6.45, 7) is 8.56. The molecule has 1 atom stereocenters. The molecule has 1 heterocycles. The molecule has 18 heavy (non-hydrogen) atoms. The van der Waals surface area contributed by atoms with Gasteiger partial charge in [-0.25, -0.2) is 0 Å². The Labute approximate surface area is 109 Å². The van der Waals surface area contributed by atoms with Crippen molar-refractivity contribution < 1.29 is 4.79 Å². The Kier molecular flexibility index (Phi) is 5.85. The maximum Gasteiger partial charge on any atom is 0.237 e. The van der Waals surface area contributed by atoms with Crippen molar-refractivity contribution in [1.29, 1.82) is 0 Å². The van der Waals surface area contributed by atoms with Crippen LogP contribution in [0.2, 0.25) is 0 Å². The highest BCUT2D eigenvalue weighted by Gasteiger charge is 2.21. The molecule has 0 saturated carbocycles. The van der Waals surface area contributed by atoms with Crippen LogP contribution < -0.4 is 5.32 Å². The third-order valence-electron chi connectivity index (χ3n) is 3.17. The molecule has 102 valence electrons. The zero-order valence-electron chi connectivity index (χ0n) is 11.8. The number of likely N-dealkylation sites (N-methyl/N-ethyl adjacent to an activating group) is 1. The average molecular weight is 252 g/mol. The predicted octanol–water partition coefficient (Wildman–Crippen LogP) is 1.16. The van der Waals surface area contributed by atoms with E-state index in [0.29, 0.717) is 6.54 Å². The number of aryl methyl sites for hydroxylation is 1. The molecule has 0 aromatic carbocycles. The van der Waals surface area contributed by atoms with Crippen LogP contribution in [0.15, 0.2) is 12.4 Å². The van der Waals surface area contributed by atoms with E-state index in [0.717, 1.165) is 25.1 Å². The first kappa shape index (κ1) is 14.7. The van der Waals surface area contributed by atoms with Crippen molar-refractivity contribution in [2.75, 3.05) is 13.1 Å². The second kappa shape index (κ2) is 7.16. The van der Waals surface area contributed by atoms with Crippen molar-refractivity contribution in [3.8, 4) is 0 Å². The number of carbonyl (C=O) groups excluding carboxylic acids is 1. The number of hydrogen-bond donors (Lipinski definition) is 1. The summed E-state index contributed by atoms with van der Waals surface area (Å²) in [5, 5.41) is 7.06. The Hall–Kier alpha value is -1.36. The van der Waals surface area contributed by atoms with Crippen LogP contribution >= 0.6 is 0 Å². The van der Waals surface area contributed by atoms with Crippen molar-refractivity contribution in [3.05, 3.63) is 18.0 Å². The molecule has 1 amide bonds. The van der Waals surface area contributed by atoms with E-state index in [1.54, 1.807) is 10.9 Å². The zero-order valence-corrected chi connectivity index (χ0v) is 11.8. The second-order valence-electron chi connectivity index (χ2n) is 4.39. The standard InChI is InChI=1S/C13H24N4O/c1-5-12(17(6-2)7-3)13(18)14-8-11-9-15-16(4)10-11/h9-10,12H,5-8H2,1-4H3,(H,14,18)/t12-/m1/s1. The number of aromatic nitrogens is 2. The highest BCUT2D eigenvalue weighted by molar-refractivity contribution is 5.81. The lowest BCUT2D eigenvalue weighted by molar-refractivity contribution is -0.126. The summed E-state index contributed by atoms with van der Waals surface area (Å²) in [4.78, 5) is 14.3. The molecule has 1 N–H and O–H groups in total. The van der Waals surface area contributed by atoms with Crippen LogP contribution in [0.1, 0.15) is 32.8 Å². The van der Waals surface area contributed by atoms with Crippen LogP contribution in [-0.2, 0) is 18.4 Å². The molecule has 0 unspecified atom stereocenters. The monoisotopic (exact) mass is 252 g/mol. The minimum absolute atomic E-state index is 0.0309. The van der Waals surface area contributed by atoms with Crippen LogP contribution in [0.5, 0.6) is 0 Å². The maximum absolute atomic E-state index is 12.1. The van der Waals surface area contributed by atoms with E-state index < -0.39 is 0 Å². The molecule has 0 fully saturated rings. The van der Waals surface area contributed by atoms with E-state index in [4.69, 9.17) is 0 Å². The minimum Gasteiger partial charge on any atom is -0.351 e. The third-order valence-corrected chi connectivity index (χ3v) is 3.17. The van der Waals surface area contributed by atoms with Crippen LogP contribution in [0.4, 0.5) is 0 Å². The number of nitrogens with one attached hydrogen (secondary N) is 1. The summed E-state index contributed by atoms with van der Waals surface area (Å²) >= 11 is 0. The van der Waals surface area contributed by atoms with Crippen molar-refractivity contribution in [2.24, 2.45) is 7.05 Å². The minimum atomic E-state index is -0.0309. The first-order valence-electron chi connectivity index (χ1n) is 6.61. The molecule has 1 aromatic rings. The molecule has 1 rings (SSSR count). The lowest BCUT2D eigenvalue weighted by atomic mass is 10.1. The molecule has 0 bridgehead atoms. The molecule has 0 aliphatic heterocycles. The fraction of sp³-hybridized carbons (Fsp3) is 0.692.